The van der Waals surface area contributed by atoms with Crippen LogP contribution in [0.1, 0.15) is 11.1 Å². The van der Waals surface area contributed by atoms with Crippen molar-refractivity contribution in [2.24, 2.45) is 0 Å². The minimum Gasteiger partial charge on any atom is -0.456 e. The third kappa shape index (κ3) is 3.34. The van der Waals surface area contributed by atoms with Gasteiger partial charge in [0, 0.05) is 12.1 Å². The molecule has 0 aliphatic heterocycles. The molecule has 154 valence electrons. The van der Waals surface area contributed by atoms with Crippen molar-refractivity contribution in [1.82, 2.24) is 9.38 Å². The first-order valence-corrected chi connectivity index (χ1v) is 10.2. The monoisotopic (exact) mass is 440 g/mol. The van der Waals surface area contributed by atoms with E-state index in [2.05, 4.69) is 4.98 Å². The maximum Gasteiger partial charge on any atom is 0.274 e. The van der Waals surface area contributed by atoms with Gasteiger partial charge in [-0.05, 0) is 42.0 Å². The second kappa shape index (κ2) is 7.61. The molecule has 32 heavy (non-hydrogen) atoms. The van der Waals surface area contributed by atoms with Gasteiger partial charge in [-0.15, -0.1) is 0 Å². The van der Waals surface area contributed by atoms with Crippen molar-refractivity contribution in [2.75, 3.05) is 0 Å². The van der Waals surface area contributed by atoms with Gasteiger partial charge < -0.3 is 4.74 Å². The Bertz CT molecular complexity index is 1660. The highest BCUT2D eigenvalue weighted by Crippen LogP contribution is 2.28. The highest BCUT2D eigenvalue weighted by atomic mass is 32.1. The van der Waals surface area contributed by atoms with E-state index in [1.165, 1.54) is 29.5 Å². The number of non-ortho nitro benzene ring substituents is 1. The molecule has 0 atom stereocenters. The van der Waals surface area contributed by atoms with E-state index < -0.39 is 4.92 Å². The van der Waals surface area contributed by atoms with Crippen LogP contribution in [0.2, 0.25) is 0 Å². The van der Waals surface area contributed by atoms with E-state index in [0.29, 0.717) is 15.2 Å². The minimum absolute atomic E-state index is 0.0694. The number of aromatic nitrogens is 2. The summed E-state index contributed by atoms with van der Waals surface area (Å²) in [6, 6.07) is 20.2. The molecule has 0 aliphatic carbocycles. The van der Waals surface area contributed by atoms with Crippen molar-refractivity contribution in [3.63, 3.8) is 0 Å². The lowest BCUT2D eigenvalue weighted by Crippen LogP contribution is -2.22. The smallest absolute Gasteiger partial charge is 0.274 e. The molecule has 5 rings (SSSR count). The Labute approximate surface area is 184 Å². The summed E-state index contributed by atoms with van der Waals surface area (Å²) < 4.78 is 7.89. The van der Waals surface area contributed by atoms with Crippen molar-refractivity contribution in [2.45, 2.75) is 0 Å². The Morgan fingerprint density at radius 2 is 1.91 bits per heavy atom. The number of nitro benzene ring substituents is 1. The summed E-state index contributed by atoms with van der Waals surface area (Å²) in [5.41, 5.74) is 2.13. The molecule has 3 aromatic carbocycles. The molecular formula is C23H12N4O4S. The second-order valence-electron chi connectivity index (χ2n) is 6.85. The van der Waals surface area contributed by atoms with Crippen LogP contribution >= 0.6 is 11.3 Å². The van der Waals surface area contributed by atoms with E-state index >= 15 is 0 Å². The number of hydrogen-bond donors (Lipinski definition) is 0. The second-order valence-corrected chi connectivity index (χ2v) is 7.86. The van der Waals surface area contributed by atoms with E-state index in [-0.39, 0.29) is 22.6 Å². The van der Waals surface area contributed by atoms with Crippen LogP contribution < -0.4 is 14.8 Å². The predicted molar refractivity (Wildman–Crippen MR) is 120 cm³/mol. The Morgan fingerprint density at radius 3 is 2.66 bits per heavy atom. The molecule has 2 aromatic heterocycles. The number of hydrogen-bond acceptors (Lipinski definition) is 7. The highest BCUT2D eigenvalue weighted by molar-refractivity contribution is 7.15. The molecular weight excluding hydrogens is 428 g/mol. The summed E-state index contributed by atoms with van der Waals surface area (Å²) in [4.78, 5) is 28.3. The fourth-order valence-electron chi connectivity index (χ4n) is 3.33. The molecule has 9 heteroatoms. The first-order chi connectivity index (χ1) is 15.5. The molecule has 0 saturated heterocycles. The van der Waals surface area contributed by atoms with E-state index in [1.807, 2.05) is 30.3 Å². The van der Waals surface area contributed by atoms with Crippen LogP contribution in [0.15, 0.2) is 71.5 Å². The molecule has 0 radical (unpaired) electrons. The molecule has 0 unspecified atom stereocenters. The summed E-state index contributed by atoms with van der Waals surface area (Å²) in [6.07, 6.45) is 1.78. The lowest BCUT2D eigenvalue weighted by Gasteiger charge is -2.07. The van der Waals surface area contributed by atoms with Gasteiger partial charge in [-0.3, -0.25) is 14.9 Å². The maximum absolute atomic E-state index is 12.9. The molecule has 5 aromatic rings. The van der Waals surface area contributed by atoms with Crippen LogP contribution in [0.4, 0.5) is 5.69 Å². The van der Waals surface area contributed by atoms with Crippen molar-refractivity contribution in [1.29, 1.82) is 5.26 Å². The number of imidazole rings is 1. The third-order valence-corrected chi connectivity index (χ3v) is 5.81. The van der Waals surface area contributed by atoms with Gasteiger partial charge in [0.25, 0.3) is 11.2 Å². The average molecular weight is 440 g/mol. The fraction of sp³-hybridized carbons (Fsp3) is 0. The van der Waals surface area contributed by atoms with Gasteiger partial charge >= 0.3 is 0 Å². The van der Waals surface area contributed by atoms with E-state index in [9.17, 15) is 20.2 Å². The topological polar surface area (TPSA) is 111 Å². The molecule has 2 heterocycles. The first kappa shape index (κ1) is 19.4. The van der Waals surface area contributed by atoms with Crippen LogP contribution in [-0.2, 0) is 0 Å². The lowest BCUT2D eigenvalue weighted by molar-refractivity contribution is -0.384. The van der Waals surface area contributed by atoms with Gasteiger partial charge in [-0.25, -0.2) is 9.38 Å². The number of para-hydroxylation sites is 2. The summed E-state index contributed by atoms with van der Waals surface area (Å²) in [5.74, 6) is 0.685. The van der Waals surface area contributed by atoms with Crippen molar-refractivity contribution >= 4 is 39.1 Å². The quantitative estimate of drug-likeness (QED) is 0.308. The van der Waals surface area contributed by atoms with Gasteiger partial charge in [0.15, 0.2) is 4.96 Å². The molecule has 0 N–H and O–H groups in total. The Morgan fingerprint density at radius 1 is 1.12 bits per heavy atom. The van der Waals surface area contributed by atoms with Crippen LogP contribution in [-0.4, -0.2) is 14.3 Å². The number of thiazole rings is 1. The number of benzene rings is 3. The van der Waals surface area contributed by atoms with Crippen molar-refractivity contribution in [3.05, 3.63) is 103 Å². The van der Waals surface area contributed by atoms with Gasteiger partial charge in [0.1, 0.15) is 23.1 Å². The lowest BCUT2D eigenvalue weighted by atomic mass is 10.2. The SMILES string of the molecule is N#Cc1cc([N+](=O)[O-])ccc1Oc1ccc(/C=c2\sc3nc4ccccc4n3c2=O)cc1. The Hall–Kier alpha value is -4.55. The molecule has 0 fully saturated rings. The number of nitro groups is 1. The zero-order valence-corrected chi connectivity index (χ0v) is 17.1. The van der Waals surface area contributed by atoms with Crippen molar-refractivity contribution in [3.8, 4) is 17.6 Å². The zero-order chi connectivity index (χ0) is 22.2. The van der Waals surface area contributed by atoms with Gasteiger partial charge in [-0.1, -0.05) is 35.6 Å². The van der Waals surface area contributed by atoms with Gasteiger partial charge in [0.05, 0.1) is 20.5 Å². The normalized spacial score (nSPS) is 11.7. The minimum atomic E-state index is -0.565. The Kier molecular flexibility index (Phi) is 4.62. The number of nitrogens with zero attached hydrogens (tertiary/aromatic N) is 4. The van der Waals surface area contributed by atoms with E-state index in [0.717, 1.165) is 16.6 Å². The van der Waals surface area contributed by atoms with Crippen LogP contribution in [0.25, 0.3) is 22.1 Å². The summed E-state index contributed by atoms with van der Waals surface area (Å²) in [7, 11) is 0. The summed E-state index contributed by atoms with van der Waals surface area (Å²) >= 11 is 1.32. The average Bonchev–Trinajstić information content (AvgIpc) is 3.31. The third-order valence-electron chi connectivity index (χ3n) is 4.85. The predicted octanol–water partition coefficient (Wildman–Crippen LogP) is 4.03. The number of fused-ring (bicyclic) bond motifs is 3. The number of ether oxygens (including phenoxy) is 1. The molecule has 0 bridgehead atoms. The fourth-order valence-corrected chi connectivity index (χ4v) is 4.32. The summed E-state index contributed by atoms with van der Waals surface area (Å²) in [6.45, 7) is 0. The van der Waals surface area contributed by atoms with Crippen molar-refractivity contribution < 1.29 is 9.66 Å². The number of rotatable bonds is 4. The molecule has 0 spiro atoms. The summed E-state index contributed by atoms with van der Waals surface area (Å²) in [5, 5.41) is 20.1. The largest absolute Gasteiger partial charge is 0.456 e. The van der Waals surface area contributed by atoms with Gasteiger partial charge in [0.2, 0.25) is 0 Å². The van der Waals surface area contributed by atoms with E-state index in [1.54, 1.807) is 34.7 Å². The van der Waals surface area contributed by atoms with Crippen LogP contribution in [0.5, 0.6) is 11.5 Å². The van der Waals surface area contributed by atoms with Gasteiger partial charge in [-0.2, -0.15) is 5.26 Å². The first-order valence-electron chi connectivity index (χ1n) is 9.42. The standard InChI is InChI=1S/C23H12N4O4S/c24-13-15-12-16(27(29)30)7-10-20(15)31-17-8-5-14(6-9-17)11-21-22(28)26-19-4-2-1-3-18(19)25-23(26)32-21/h1-12H/b21-11-. The maximum atomic E-state index is 12.9. The van der Waals surface area contributed by atoms with E-state index in [4.69, 9.17) is 4.74 Å². The molecule has 8 nitrogen and oxygen atoms in total. The molecule has 0 saturated carbocycles. The highest BCUT2D eigenvalue weighted by Gasteiger charge is 2.13. The molecule has 0 amide bonds. The van der Waals surface area contributed by atoms with Crippen LogP contribution in [0.3, 0.4) is 0 Å². The Balaban J connectivity index is 1.45. The molecule has 0 aliphatic rings. The number of nitriles is 1. The van der Waals surface area contributed by atoms with Crippen LogP contribution in [0, 0.1) is 21.4 Å². The zero-order valence-electron chi connectivity index (χ0n) is 16.3.